The average molecular weight is 527 g/mol. The van der Waals surface area contributed by atoms with Crippen molar-refractivity contribution in [3.05, 3.63) is 89.5 Å². The first-order valence-corrected chi connectivity index (χ1v) is 12.9. The summed E-state index contributed by atoms with van der Waals surface area (Å²) in [5.74, 6) is -0.459. The number of ether oxygens (including phenoxy) is 1. The van der Waals surface area contributed by atoms with E-state index >= 15 is 0 Å². The number of likely N-dealkylation sites (N-methyl/N-ethyl adjacent to an activating group) is 1. The molecule has 0 aliphatic heterocycles. The smallest absolute Gasteiger partial charge is 0.338 e. The number of amides is 1. The highest BCUT2D eigenvalue weighted by Gasteiger charge is 2.21. The summed E-state index contributed by atoms with van der Waals surface area (Å²) in [7, 11) is 3.74. The second kappa shape index (κ2) is 12.0. The first-order valence-electron chi connectivity index (χ1n) is 12.9. The normalized spacial score (nSPS) is 11.8. The lowest BCUT2D eigenvalue weighted by atomic mass is 10.00. The predicted octanol–water partition coefficient (Wildman–Crippen LogP) is 5.52. The van der Waals surface area contributed by atoms with Crippen molar-refractivity contribution >= 4 is 39.9 Å². The molecule has 1 aromatic heterocycles. The number of aromatic amines is 1. The molecule has 8 heteroatoms. The van der Waals surface area contributed by atoms with Crippen molar-refractivity contribution in [3.8, 4) is 5.88 Å². The van der Waals surface area contributed by atoms with Gasteiger partial charge in [-0.3, -0.25) is 4.79 Å². The molecule has 4 aromatic rings. The van der Waals surface area contributed by atoms with E-state index in [1.807, 2.05) is 87.4 Å². The highest BCUT2D eigenvalue weighted by molar-refractivity contribution is 6.22. The average Bonchev–Trinajstić information content (AvgIpc) is 3.23. The van der Waals surface area contributed by atoms with Crippen LogP contribution in [0.1, 0.15) is 42.3 Å². The number of rotatable bonds is 9. The summed E-state index contributed by atoms with van der Waals surface area (Å²) in [4.78, 5) is 36.7. The molecule has 0 spiro atoms. The Balaban J connectivity index is 1.78. The number of esters is 1. The van der Waals surface area contributed by atoms with Crippen molar-refractivity contribution in [2.24, 2.45) is 4.99 Å². The number of H-pyrrole nitrogens is 1. The Morgan fingerprint density at radius 3 is 2.28 bits per heavy atom. The van der Waals surface area contributed by atoms with Gasteiger partial charge in [-0.1, -0.05) is 36.4 Å². The number of aromatic hydroxyl groups is 1. The maximum Gasteiger partial charge on any atom is 0.338 e. The van der Waals surface area contributed by atoms with Gasteiger partial charge in [-0.15, -0.1) is 0 Å². The maximum absolute atomic E-state index is 12.9. The minimum absolute atomic E-state index is 0.00523. The van der Waals surface area contributed by atoms with E-state index in [-0.39, 0.29) is 24.4 Å². The number of anilines is 1. The molecule has 1 amide bonds. The third kappa shape index (κ3) is 6.18. The molecule has 0 bridgehead atoms. The number of nitrogens with one attached hydrogen (secondary N) is 1. The van der Waals surface area contributed by atoms with Crippen molar-refractivity contribution in [2.75, 3.05) is 32.1 Å². The minimum atomic E-state index is -0.424. The summed E-state index contributed by atoms with van der Waals surface area (Å²) in [6.45, 7) is 6.32. The van der Waals surface area contributed by atoms with Crippen LogP contribution < -0.4 is 4.90 Å². The van der Waals surface area contributed by atoms with E-state index in [2.05, 4.69) is 4.98 Å². The van der Waals surface area contributed by atoms with Crippen LogP contribution in [0.4, 0.5) is 11.4 Å². The van der Waals surface area contributed by atoms with E-state index in [1.54, 1.807) is 30.0 Å². The van der Waals surface area contributed by atoms with E-state index in [1.165, 1.54) is 0 Å². The molecular formula is C31H34N4O4. The van der Waals surface area contributed by atoms with Crippen LogP contribution in [0.25, 0.3) is 10.9 Å². The molecule has 0 aliphatic carbocycles. The SMILES string of the molecule is CCOC(=O)c1ccc2c(C(=Nc3ccc(N(C(=O)CN(C)C)C(C)C)cc3)c3ccccc3)c(O)[nH]c2c1. The molecule has 0 unspecified atom stereocenters. The zero-order chi connectivity index (χ0) is 28.1. The molecule has 0 saturated heterocycles. The van der Waals surface area contributed by atoms with Gasteiger partial charge in [0.2, 0.25) is 5.91 Å². The Morgan fingerprint density at radius 2 is 1.67 bits per heavy atom. The van der Waals surface area contributed by atoms with Crippen molar-refractivity contribution in [1.29, 1.82) is 0 Å². The van der Waals surface area contributed by atoms with Crippen LogP contribution in [0.15, 0.2) is 77.8 Å². The van der Waals surface area contributed by atoms with Gasteiger partial charge < -0.3 is 24.6 Å². The second-order valence-electron chi connectivity index (χ2n) is 9.77. The van der Waals surface area contributed by atoms with Gasteiger partial charge in [-0.25, -0.2) is 9.79 Å². The van der Waals surface area contributed by atoms with Crippen LogP contribution in [0.5, 0.6) is 5.88 Å². The number of nitrogens with zero attached hydrogens (tertiary/aromatic N) is 3. The van der Waals surface area contributed by atoms with Crippen LogP contribution in [0.2, 0.25) is 0 Å². The number of aliphatic imine (C=N–C) groups is 1. The monoisotopic (exact) mass is 526 g/mol. The molecule has 0 fully saturated rings. The standard InChI is InChI=1S/C31H34N4O4/c1-6-39-31(38)22-12-17-25-26(18-22)33-30(37)28(25)29(21-10-8-7-9-11-21)32-23-13-15-24(16-14-23)35(20(2)3)27(36)19-34(4)5/h7-18,20,33,37H,6,19H2,1-5H3. The lowest BCUT2D eigenvalue weighted by Crippen LogP contribution is -2.42. The molecule has 39 heavy (non-hydrogen) atoms. The number of fused-ring (bicyclic) bond motifs is 1. The number of carbonyl (C=O) groups excluding carboxylic acids is 2. The van der Waals surface area contributed by atoms with E-state index in [9.17, 15) is 14.7 Å². The van der Waals surface area contributed by atoms with Gasteiger partial charge >= 0.3 is 5.97 Å². The summed E-state index contributed by atoms with van der Waals surface area (Å²) in [6, 6.07) is 22.2. The quantitative estimate of drug-likeness (QED) is 0.221. The summed E-state index contributed by atoms with van der Waals surface area (Å²) >= 11 is 0. The van der Waals surface area contributed by atoms with Gasteiger partial charge in [0.15, 0.2) is 5.88 Å². The number of carbonyl (C=O) groups is 2. The fourth-order valence-electron chi connectivity index (χ4n) is 4.52. The van der Waals surface area contributed by atoms with Gasteiger partial charge in [-0.05, 0) is 71.3 Å². The number of aromatic nitrogens is 1. The molecule has 0 aliphatic rings. The number of hydrogen-bond acceptors (Lipinski definition) is 6. The molecule has 4 rings (SSSR count). The van der Waals surface area contributed by atoms with Crippen LogP contribution in [0.3, 0.4) is 0 Å². The zero-order valence-corrected chi connectivity index (χ0v) is 22.9. The summed E-state index contributed by atoms with van der Waals surface area (Å²) in [6.07, 6.45) is 0. The Morgan fingerprint density at radius 1 is 0.974 bits per heavy atom. The lowest BCUT2D eigenvalue weighted by molar-refractivity contribution is -0.119. The summed E-state index contributed by atoms with van der Waals surface area (Å²) < 4.78 is 5.12. The largest absolute Gasteiger partial charge is 0.494 e. The van der Waals surface area contributed by atoms with Crippen LogP contribution >= 0.6 is 0 Å². The number of hydrogen-bond donors (Lipinski definition) is 2. The molecule has 8 nitrogen and oxygen atoms in total. The minimum Gasteiger partial charge on any atom is -0.494 e. The molecule has 1 heterocycles. The summed E-state index contributed by atoms with van der Waals surface area (Å²) in [5, 5.41) is 11.7. The zero-order valence-electron chi connectivity index (χ0n) is 22.9. The fourth-order valence-corrected chi connectivity index (χ4v) is 4.52. The van der Waals surface area contributed by atoms with Gasteiger partial charge in [0, 0.05) is 28.2 Å². The molecule has 3 aromatic carbocycles. The Kier molecular flexibility index (Phi) is 8.46. The third-order valence-electron chi connectivity index (χ3n) is 6.18. The molecule has 0 radical (unpaired) electrons. The Labute approximate surface area is 228 Å². The lowest BCUT2D eigenvalue weighted by Gasteiger charge is -2.28. The number of benzene rings is 3. The van der Waals surface area contributed by atoms with E-state index in [4.69, 9.17) is 9.73 Å². The molecule has 0 saturated carbocycles. The van der Waals surface area contributed by atoms with E-state index in [0.29, 0.717) is 34.6 Å². The molecular weight excluding hydrogens is 492 g/mol. The second-order valence-corrected chi connectivity index (χ2v) is 9.77. The maximum atomic E-state index is 12.9. The Hall–Kier alpha value is -4.43. The van der Waals surface area contributed by atoms with Crippen molar-refractivity contribution in [1.82, 2.24) is 9.88 Å². The van der Waals surface area contributed by atoms with Crippen molar-refractivity contribution in [3.63, 3.8) is 0 Å². The first-order chi connectivity index (χ1) is 18.7. The molecule has 202 valence electrons. The highest BCUT2D eigenvalue weighted by Crippen LogP contribution is 2.33. The highest BCUT2D eigenvalue weighted by atomic mass is 16.5. The van der Waals surface area contributed by atoms with E-state index in [0.717, 1.165) is 16.6 Å². The van der Waals surface area contributed by atoms with Gasteiger partial charge in [0.25, 0.3) is 0 Å². The van der Waals surface area contributed by atoms with Crippen LogP contribution in [-0.4, -0.2) is 65.9 Å². The van der Waals surface area contributed by atoms with Crippen LogP contribution in [0, 0.1) is 0 Å². The van der Waals surface area contributed by atoms with E-state index < -0.39 is 5.97 Å². The molecule has 0 atom stereocenters. The molecule has 2 N–H and O–H groups in total. The topological polar surface area (TPSA) is 98.2 Å². The van der Waals surface area contributed by atoms with Crippen molar-refractivity contribution in [2.45, 2.75) is 26.8 Å². The van der Waals surface area contributed by atoms with Gasteiger partial charge in [0.1, 0.15) is 0 Å². The van der Waals surface area contributed by atoms with Gasteiger partial charge in [0.05, 0.1) is 35.7 Å². The summed E-state index contributed by atoms with van der Waals surface area (Å²) in [5.41, 5.74) is 4.36. The van der Waals surface area contributed by atoms with Crippen molar-refractivity contribution < 1.29 is 19.4 Å². The predicted molar refractivity (Wildman–Crippen MR) is 155 cm³/mol. The Bertz CT molecular complexity index is 1490. The fraction of sp³-hybridized carbons (Fsp3) is 0.258. The van der Waals surface area contributed by atoms with Crippen LogP contribution in [-0.2, 0) is 9.53 Å². The first kappa shape index (κ1) is 27.6. The van der Waals surface area contributed by atoms with Gasteiger partial charge in [-0.2, -0.15) is 0 Å². The third-order valence-corrected chi connectivity index (χ3v) is 6.18.